The zero-order valence-electron chi connectivity index (χ0n) is 15.0. The molecule has 0 amide bonds. The minimum Gasteiger partial charge on any atom is -0.408 e. The van der Waals surface area contributed by atoms with Crippen LogP contribution in [-0.4, -0.2) is 52.3 Å². The molecule has 7 nitrogen and oxygen atoms in total. The summed E-state index contributed by atoms with van der Waals surface area (Å²) < 4.78 is 6.61. The standard InChI is InChI=1S/C19H21ClN4O3/c1-22-15-11-14(20)13(10-17(15)27-19(22)26)16(25)12-23-6-8-24(9-7-23)18-4-2-3-5-21-18/h2-5,10-11,16,25H,6-9,12H2,1H3. The third kappa shape index (κ3) is 3.58. The molecule has 1 aliphatic heterocycles. The van der Waals surface area contributed by atoms with Gasteiger partial charge >= 0.3 is 5.76 Å². The Morgan fingerprint density at radius 2 is 2.04 bits per heavy atom. The first kappa shape index (κ1) is 18.0. The average Bonchev–Trinajstić information content (AvgIpc) is 2.96. The fourth-order valence-electron chi connectivity index (χ4n) is 3.46. The summed E-state index contributed by atoms with van der Waals surface area (Å²) in [5.41, 5.74) is 1.62. The van der Waals surface area contributed by atoms with Crippen molar-refractivity contribution in [1.29, 1.82) is 0 Å². The number of aliphatic hydroxyl groups excluding tert-OH is 1. The Morgan fingerprint density at radius 3 is 2.74 bits per heavy atom. The average molecular weight is 389 g/mol. The molecule has 1 N–H and O–H groups in total. The van der Waals surface area contributed by atoms with Crippen molar-refractivity contribution in [2.75, 3.05) is 37.6 Å². The van der Waals surface area contributed by atoms with Gasteiger partial charge in [-0.05, 0) is 24.3 Å². The lowest BCUT2D eigenvalue weighted by Crippen LogP contribution is -2.47. The number of oxazole rings is 1. The molecule has 1 unspecified atom stereocenters. The number of benzene rings is 1. The van der Waals surface area contributed by atoms with Gasteiger partial charge in [-0.15, -0.1) is 0 Å². The van der Waals surface area contributed by atoms with E-state index in [-0.39, 0.29) is 0 Å². The van der Waals surface area contributed by atoms with Gasteiger partial charge in [-0.2, -0.15) is 0 Å². The summed E-state index contributed by atoms with van der Waals surface area (Å²) in [6.07, 6.45) is 1.04. The minimum atomic E-state index is -0.756. The third-order valence-electron chi connectivity index (χ3n) is 5.05. The molecule has 0 aliphatic carbocycles. The predicted octanol–water partition coefficient (Wildman–Crippen LogP) is 2.04. The van der Waals surface area contributed by atoms with Gasteiger partial charge in [-0.25, -0.2) is 9.78 Å². The van der Waals surface area contributed by atoms with Crippen LogP contribution in [0.25, 0.3) is 11.1 Å². The fourth-order valence-corrected chi connectivity index (χ4v) is 3.75. The molecule has 3 heterocycles. The molecule has 1 aromatic carbocycles. The van der Waals surface area contributed by atoms with E-state index in [9.17, 15) is 9.90 Å². The van der Waals surface area contributed by atoms with E-state index in [4.69, 9.17) is 16.0 Å². The van der Waals surface area contributed by atoms with Crippen molar-refractivity contribution in [3.8, 4) is 0 Å². The van der Waals surface area contributed by atoms with Crippen LogP contribution in [-0.2, 0) is 7.05 Å². The van der Waals surface area contributed by atoms with Gasteiger partial charge in [-0.1, -0.05) is 17.7 Å². The monoisotopic (exact) mass is 388 g/mol. The van der Waals surface area contributed by atoms with Crippen LogP contribution in [0.3, 0.4) is 0 Å². The number of hydrogen-bond acceptors (Lipinski definition) is 6. The van der Waals surface area contributed by atoms with Crippen LogP contribution in [0.1, 0.15) is 11.7 Å². The number of aliphatic hydroxyl groups is 1. The largest absolute Gasteiger partial charge is 0.419 e. The van der Waals surface area contributed by atoms with Crippen molar-refractivity contribution >= 4 is 28.5 Å². The van der Waals surface area contributed by atoms with E-state index >= 15 is 0 Å². The van der Waals surface area contributed by atoms with Crippen LogP contribution < -0.4 is 10.7 Å². The van der Waals surface area contributed by atoms with E-state index in [1.54, 1.807) is 25.4 Å². The number of aromatic nitrogens is 2. The van der Waals surface area contributed by atoms with E-state index in [0.717, 1.165) is 32.0 Å². The molecule has 1 atom stereocenters. The highest BCUT2D eigenvalue weighted by Gasteiger charge is 2.23. The second kappa shape index (κ2) is 7.34. The molecule has 0 bridgehead atoms. The van der Waals surface area contributed by atoms with Crippen LogP contribution in [0.2, 0.25) is 5.02 Å². The summed E-state index contributed by atoms with van der Waals surface area (Å²) in [5.74, 6) is 0.531. The number of rotatable bonds is 4. The molecule has 0 radical (unpaired) electrons. The summed E-state index contributed by atoms with van der Waals surface area (Å²) in [6.45, 7) is 3.83. The topological polar surface area (TPSA) is 74.7 Å². The molecule has 1 fully saturated rings. The SMILES string of the molecule is Cn1c(=O)oc2cc(C(O)CN3CCN(c4ccccn4)CC3)c(Cl)cc21. The maximum absolute atomic E-state index is 11.7. The highest BCUT2D eigenvalue weighted by atomic mass is 35.5. The fraction of sp³-hybridized carbons (Fsp3) is 0.368. The second-order valence-electron chi connectivity index (χ2n) is 6.76. The molecule has 0 spiro atoms. The number of β-amino-alcohol motifs (C(OH)–C–C–N with tert-alkyl or cyclic N) is 1. The smallest absolute Gasteiger partial charge is 0.408 e. The number of fused-ring (bicyclic) bond motifs is 1. The molecular formula is C19H21ClN4O3. The first-order valence-corrected chi connectivity index (χ1v) is 9.26. The summed E-state index contributed by atoms with van der Waals surface area (Å²) in [5, 5.41) is 11.1. The Labute approximate surface area is 161 Å². The number of anilines is 1. The summed E-state index contributed by atoms with van der Waals surface area (Å²) in [4.78, 5) is 20.5. The first-order valence-electron chi connectivity index (χ1n) is 8.88. The van der Waals surface area contributed by atoms with Crippen LogP contribution in [0.4, 0.5) is 5.82 Å². The van der Waals surface area contributed by atoms with Crippen LogP contribution in [0.5, 0.6) is 0 Å². The van der Waals surface area contributed by atoms with Crippen LogP contribution in [0.15, 0.2) is 45.7 Å². The van der Waals surface area contributed by atoms with Crippen molar-refractivity contribution in [3.63, 3.8) is 0 Å². The van der Waals surface area contributed by atoms with Gasteiger partial charge in [0.25, 0.3) is 0 Å². The molecule has 0 saturated carbocycles. The Kier molecular flexibility index (Phi) is 4.90. The zero-order valence-corrected chi connectivity index (χ0v) is 15.8. The maximum Gasteiger partial charge on any atom is 0.419 e. The predicted molar refractivity (Wildman–Crippen MR) is 104 cm³/mol. The van der Waals surface area contributed by atoms with Gasteiger partial charge in [0.2, 0.25) is 0 Å². The van der Waals surface area contributed by atoms with Gasteiger partial charge in [0.05, 0.1) is 11.6 Å². The maximum atomic E-state index is 11.7. The Morgan fingerprint density at radius 1 is 1.26 bits per heavy atom. The molecular weight excluding hydrogens is 368 g/mol. The molecule has 1 aliphatic rings. The van der Waals surface area contributed by atoms with Gasteiger partial charge in [-0.3, -0.25) is 9.47 Å². The summed E-state index contributed by atoms with van der Waals surface area (Å²) in [6, 6.07) is 9.23. The van der Waals surface area contributed by atoms with E-state index in [1.165, 1.54) is 4.57 Å². The van der Waals surface area contributed by atoms with E-state index in [0.29, 0.717) is 28.2 Å². The van der Waals surface area contributed by atoms with Gasteiger partial charge in [0.15, 0.2) is 5.58 Å². The lowest BCUT2D eigenvalue weighted by atomic mass is 10.1. The Hall–Kier alpha value is -2.35. The van der Waals surface area contributed by atoms with Crippen molar-refractivity contribution in [1.82, 2.24) is 14.5 Å². The second-order valence-corrected chi connectivity index (χ2v) is 7.17. The van der Waals surface area contributed by atoms with Crippen molar-refractivity contribution < 1.29 is 9.52 Å². The third-order valence-corrected chi connectivity index (χ3v) is 5.37. The number of nitrogens with zero attached hydrogens (tertiary/aromatic N) is 4. The van der Waals surface area contributed by atoms with Gasteiger partial charge in [0.1, 0.15) is 5.82 Å². The molecule has 1 saturated heterocycles. The lowest BCUT2D eigenvalue weighted by molar-refractivity contribution is 0.109. The van der Waals surface area contributed by atoms with Crippen LogP contribution in [0, 0.1) is 0 Å². The van der Waals surface area contributed by atoms with E-state index in [1.807, 2.05) is 18.2 Å². The van der Waals surface area contributed by atoms with Crippen molar-refractivity contribution in [3.05, 3.63) is 57.7 Å². The summed E-state index contributed by atoms with van der Waals surface area (Å²) >= 11 is 6.35. The summed E-state index contributed by atoms with van der Waals surface area (Å²) in [7, 11) is 1.63. The normalized spacial score (nSPS) is 16.8. The van der Waals surface area contributed by atoms with E-state index in [2.05, 4.69) is 14.8 Å². The number of pyridine rings is 1. The molecule has 27 heavy (non-hydrogen) atoms. The number of hydrogen-bond donors (Lipinski definition) is 1. The molecule has 2 aromatic heterocycles. The number of piperazine rings is 1. The molecule has 142 valence electrons. The quantitative estimate of drug-likeness (QED) is 0.737. The van der Waals surface area contributed by atoms with Gasteiger partial charge < -0.3 is 14.4 Å². The van der Waals surface area contributed by atoms with Gasteiger partial charge in [0, 0.05) is 56.6 Å². The molecule has 4 rings (SSSR count). The minimum absolute atomic E-state index is 0.429. The van der Waals surface area contributed by atoms with Crippen molar-refractivity contribution in [2.24, 2.45) is 7.05 Å². The first-order chi connectivity index (χ1) is 13.0. The number of aryl methyl sites for hydroxylation is 1. The lowest BCUT2D eigenvalue weighted by Gasteiger charge is -2.36. The highest BCUT2D eigenvalue weighted by Crippen LogP contribution is 2.29. The zero-order chi connectivity index (χ0) is 19.0. The molecule has 3 aromatic rings. The Balaban J connectivity index is 1.44. The van der Waals surface area contributed by atoms with Crippen LogP contribution >= 0.6 is 11.6 Å². The number of halogens is 1. The highest BCUT2D eigenvalue weighted by molar-refractivity contribution is 6.32. The van der Waals surface area contributed by atoms with E-state index < -0.39 is 11.9 Å². The Bertz CT molecular complexity index is 993. The van der Waals surface area contributed by atoms with Crippen molar-refractivity contribution in [2.45, 2.75) is 6.10 Å². The molecule has 8 heteroatoms.